The molecule has 118 valence electrons. The minimum Gasteiger partial charge on any atom is -0.356 e. The molecule has 0 atom stereocenters. The predicted octanol–water partition coefficient (Wildman–Crippen LogP) is 3.59. The van der Waals surface area contributed by atoms with Crippen molar-refractivity contribution in [1.82, 2.24) is 10.3 Å². The van der Waals surface area contributed by atoms with Crippen molar-refractivity contribution >= 4 is 5.82 Å². The van der Waals surface area contributed by atoms with E-state index in [2.05, 4.69) is 42.9 Å². The van der Waals surface area contributed by atoms with Crippen LogP contribution in [0.3, 0.4) is 0 Å². The summed E-state index contributed by atoms with van der Waals surface area (Å²) in [5.41, 5.74) is 0.975. The SMILES string of the molecule is CC(C)CN(CC(C)C)c1ncc(F)cc1CNC1CC1. The van der Waals surface area contributed by atoms with E-state index < -0.39 is 0 Å². The average Bonchev–Trinajstić information content (AvgIpc) is 3.18. The molecule has 0 aromatic carbocycles. The molecule has 3 nitrogen and oxygen atoms in total. The van der Waals surface area contributed by atoms with Gasteiger partial charge in [-0.15, -0.1) is 0 Å². The second-order valence-corrected chi connectivity index (χ2v) is 6.98. The average molecular weight is 293 g/mol. The maximum absolute atomic E-state index is 13.6. The second kappa shape index (κ2) is 7.21. The van der Waals surface area contributed by atoms with E-state index in [1.807, 2.05) is 0 Å². The van der Waals surface area contributed by atoms with Crippen LogP contribution >= 0.6 is 0 Å². The second-order valence-electron chi connectivity index (χ2n) is 6.98. The summed E-state index contributed by atoms with van der Waals surface area (Å²) in [6.07, 6.45) is 3.81. The van der Waals surface area contributed by atoms with Crippen molar-refractivity contribution in [2.24, 2.45) is 11.8 Å². The van der Waals surface area contributed by atoms with Crippen LogP contribution in [0.15, 0.2) is 12.3 Å². The number of halogens is 1. The van der Waals surface area contributed by atoms with E-state index in [4.69, 9.17) is 0 Å². The Bertz CT molecular complexity index is 445. The zero-order chi connectivity index (χ0) is 15.4. The highest BCUT2D eigenvalue weighted by molar-refractivity contribution is 5.47. The Balaban J connectivity index is 2.19. The summed E-state index contributed by atoms with van der Waals surface area (Å²) >= 11 is 0. The fourth-order valence-electron chi connectivity index (χ4n) is 2.56. The first kappa shape index (κ1) is 16.2. The highest BCUT2D eigenvalue weighted by Crippen LogP contribution is 2.24. The number of hydrogen-bond acceptors (Lipinski definition) is 3. The Labute approximate surface area is 127 Å². The molecule has 1 fully saturated rings. The number of rotatable bonds is 8. The van der Waals surface area contributed by atoms with Crippen LogP contribution in [0.2, 0.25) is 0 Å². The lowest BCUT2D eigenvalue weighted by molar-refractivity contribution is 0.542. The standard InChI is InChI=1S/C17H28FN3/c1-12(2)10-21(11-13(3)4)17-14(7-15(18)9-20-17)8-19-16-5-6-16/h7,9,12-13,16,19H,5-6,8,10-11H2,1-4H3. The molecule has 0 spiro atoms. The van der Waals surface area contributed by atoms with E-state index in [0.717, 1.165) is 24.5 Å². The van der Waals surface area contributed by atoms with Crippen LogP contribution in [-0.2, 0) is 6.54 Å². The third kappa shape index (κ3) is 5.27. The number of hydrogen-bond donors (Lipinski definition) is 1. The molecule has 1 aliphatic rings. The van der Waals surface area contributed by atoms with Crippen LogP contribution in [0.25, 0.3) is 0 Å². The van der Waals surface area contributed by atoms with Gasteiger partial charge in [0.25, 0.3) is 0 Å². The molecule has 0 aliphatic heterocycles. The number of aromatic nitrogens is 1. The maximum Gasteiger partial charge on any atom is 0.141 e. The van der Waals surface area contributed by atoms with Gasteiger partial charge >= 0.3 is 0 Å². The summed E-state index contributed by atoms with van der Waals surface area (Å²) in [5.74, 6) is 1.80. The molecule has 0 unspecified atom stereocenters. The molecule has 1 N–H and O–H groups in total. The van der Waals surface area contributed by atoms with Gasteiger partial charge in [-0.1, -0.05) is 27.7 Å². The van der Waals surface area contributed by atoms with E-state index in [9.17, 15) is 4.39 Å². The molecule has 1 aliphatic carbocycles. The first-order valence-corrected chi connectivity index (χ1v) is 8.08. The first-order valence-electron chi connectivity index (χ1n) is 8.08. The topological polar surface area (TPSA) is 28.2 Å². The van der Waals surface area contributed by atoms with Gasteiger partial charge < -0.3 is 10.2 Å². The van der Waals surface area contributed by atoms with Crippen LogP contribution in [0.4, 0.5) is 10.2 Å². The summed E-state index contributed by atoms with van der Waals surface area (Å²) < 4.78 is 13.6. The number of pyridine rings is 1. The largest absolute Gasteiger partial charge is 0.356 e. The third-order valence-electron chi connectivity index (χ3n) is 3.54. The van der Waals surface area contributed by atoms with Gasteiger partial charge in [-0.2, -0.15) is 0 Å². The minimum atomic E-state index is -0.250. The quantitative estimate of drug-likeness (QED) is 0.794. The highest BCUT2D eigenvalue weighted by Gasteiger charge is 2.22. The normalized spacial score (nSPS) is 15.0. The smallest absolute Gasteiger partial charge is 0.141 e. The van der Waals surface area contributed by atoms with Crippen molar-refractivity contribution < 1.29 is 4.39 Å². The van der Waals surface area contributed by atoms with Crippen molar-refractivity contribution in [1.29, 1.82) is 0 Å². The van der Waals surface area contributed by atoms with Gasteiger partial charge in [-0.05, 0) is 30.7 Å². The monoisotopic (exact) mass is 293 g/mol. The van der Waals surface area contributed by atoms with Crippen molar-refractivity contribution in [3.8, 4) is 0 Å². The molecule has 1 heterocycles. The molecular weight excluding hydrogens is 265 g/mol. The molecule has 0 amide bonds. The summed E-state index contributed by atoms with van der Waals surface area (Å²) in [5, 5.41) is 3.47. The van der Waals surface area contributed by atoms with Gasteiger partial charge in [-0.25, -0.2) is 9.37 Å². The highest BCUT2D eigenvalue weighted by atomic mass is 19.1. The van der Waals surface area contributed by atoms with Gasteiger partial charge in [-0.3, -0.25) is 0 Å². The van der Waals surface area contributed by atoms with Crippen molar-refractivity contribution in [2.75, 3.05) is 18.0 Å². The number of anilines is 1. The van der Waals surface area contributed by atoms with Gasteiger partial charge in [0.2, 0.25) is 0 Å². The van der Waals surface area contributed by atoms with Crippen LogP contribution in [0.5, 0.6) is 0 Å². The van der Waals surface area contributed by atoms with E-state index in [1.54, 1.807) is 6.07 Å². The summed E-state index contributed by atoms with van der Waals surface area (Å²) in [6.45, 7) is 11.4. The van der Waals surface area contributed by atoms with E-state index >= 15 is 0 Å². The molecule has 2 rings (SSSR count). The summed E-state index contributed by atoms with van der Waals surface area (Å²) in [6, 6.07) is 2.25. The third-order valence-corrected chi connectivity index (χ3v) is 3.54. The maximum atomic E-state index is 13.6. The molecule has 0 radical (unpaired) electrons. The lowest BCUT2D eigenvalue weighted by Gasteiger charge is -2.29. The lowest BCUT2D eigenvalue weighted by Crippen LogP contribution is -2.33. The molecule has 1 saturated carbocycles. The Kier molecular flexibility index (Phi) is 5.57. The molecule has 0 bridgehead atoms. The van der Waals surface area contributed by atoms with Gasteiger partial charge in [0.05, 0.1) is 6.20 Å². The summed E-state index contributed by atoms with van der Waals surface area (Å²) in [7, 11) is 0. The molecule has 21 heavy (non-hydrogen) atoms. The van der Waals surface area contributed by atoms with Crippen molar-refractivity contribution in [3.63, 3.8) is 0 Å². The fraction of sp³-hybridized carbons (Fsp3) is 0.706. The Morgan fingerprint density at radius 2 is 1.86 bits per heavy atom. The molecule has 4 heteroatoms. The van der Waals surface area contributed by atoms with E-state index in [-0.39, 0.29) is 5.82 Å². The van der Waals surface area contributed by atoms with Crippen LogP contribution in [-0.4, -0.2) is 24.1 Å². The molecule has 1 aromatic heterocycles. The zero-order valence-electron chi connectivity index (χ0n) is 13.7. The Morgan fingerprint density at radius 3 is 2.38 bits per heavy atom. The summed E-state index contributed by atoms with van der Waals surface area (Å²) in [4.78, 5) is 6.70. The molecule has 0 saturated heterocycles. The fourth-order valence-corrected chi connectivity index (χ4v) is 2.56. The van der Waals surface area contributed by atoms with Crippen molar-refractivity contribution in [2.45, 2.75) is 53.1 Å². The predicted molar refractivity (Wildman–Crippen MR) is 85.9 cm³/mol. The first-order chi connectivity index (χ1) is 9.95. The van der Waals surface area contributed by atoms with Crippen LogP contribution < -0.4 is 10.2 Å². The molecule has 1 aromatic rings. The van der Waals surface area contributed by atoms with Gasteiger partial charge in [0, 0.05) is 31.2 Å². The number of nitrogens with one attached hydrogen (secondary N) is 1. The Morgan fingerprint density at radius 1 is 1.24 bits per heavy atom. The zero-order valence-corrected chi connectivity index (χ0v) is 13.7. The molecular formula is C17H28FN3. The van der Waals surface area contributed by atoms with E-state index in [0.29, 0.717) is 24.4 Å². The lowest BCUT2D eigenvalue weighted by atomic mass is 10.1. The van der Waals surface area contributed by atoms with Crippen LogP contribution in [0.1, 0.15) is 46.1 Å². The van der Waals surface area contributed by atoms with E-state index in [1.165, 1.54) is 19.0 Å². The van der Waals surface area contributed by atoms with Gasteiger partial charge in [0.1, 0.15) is 11.6 Å². The van der Waals surface area contributed by atoms with Gasteiger partial charge in [0.15, 0.2) is 0 Å². The van der Waals surface area contributed by atoms with Crippen molar-refractivity contribution in [3.05, 3.63) is 23.6 Å². The van der Waals surface area contributed by atoms with Crippen LogP contribution in [0, 0.1) is 17.7 Å². The Hall–Kier alpha value is -1.16. The minimum absolute atomic E-state index is 0.250. The number of nitrogens with zero attached hydrogens (tertiary/aromatic N) is 2.